The highest BCUT2D eigenvalue weighted by atomic mass is 16.4. The van der Waals surface area contributed by atoms with Gasteiger partial charge < -0.3 is 10.4 Å². The molecule has 1 aliphatic carbocycles. The van der Waals surface area contributed by atoms with E-state index in [1.165, 1.54) is 12.5 Å². The first kappa shape index (κ1) is 11.8. The Morgan fingerprint density at radius 3 is 2.60 bits per heavy atom. The van der Waals surface area contributed by atoms with Crippen molar-refractivity contribution < 1.29 is 14.7 Å². The molecule has 1 unspecified atom stereocenters. The molecule has 1 atom stereocenters. The van der Waals surface area contributed by atoms with E-state index in [2.05, 4.69) is 11.9 Å². The monoisotopic (exact) mass is 211 g/mol. The van der Waals surface area contributed by atoms with Gasteiger partial charge in [0.15, 0.2) is 0 Å². The third-order valence-electron chi connectivity index (χ3n) is 2.73. The first-order valence-electron chi connectivity index (χ1n) is 5.26. The van der Waals surface area contributed by atoms with Gasteiger partial charge in [-0.25, -0.2) is 4.79 Å². The molecule has 0 aromatic heterocycles. The quantitative estimate of drug-likeness (QED) is 0.651. The van der Waals surface area contributed by atoms with Gasteiger partial charge in [0, 0.05) is 6.42 Å². The Labute approximate surface area is 89.4 Å². The largest absolute Gasteiger partial charge is 0.480 e. The van der Waals surface area contributed by atoms with E-state index in [0.29, 0.717) is 12.3 Å². The van der Waals surface area contributed by atoms with Gasteiger partial charge in [0.1, 0.15) is 6.04 Å². The Morgan fingerprint density at radius 1 is 1.53 bits per heavy atom. The van der Waals surface area contributed by atoms with Crippen LogP contribution in [0.4, 0.5) is 0 Å². The Bertz CT molecular complexity index is 259. The number of nitrogens with one attached hydrogen (secondary N) is 1. The number of carboxylic acids is 1. The average Bonchev–Trinajstić information content (AvgIpc) is 2.10. The SMILES string of the molecule is C=CCC(NC(=O)CC1CCC1)C(=O)O. The summed E-state index contributed by atoms with van der Waals surface area (Å²) >= 11 is 0. The molecular weight excluding hydrogens is 194 g/mol. The van der Waals surface area contributed by atoms with Crippen LogP contribution in [-0.4, -0.2) is 23.0 Å². The molecule has 84 valence electrons. The molecule has 1 amide bonds. The molecule has 1 aliphatic rings. The molecule has 4 heteroatoms. The van der Waals surface area contributed by atoms with Crippen molar-refractivity contribution in [3.8, 4) is 0 Å². The lowest BCUT2D eigenvalue weighted by Gasteiger charge is -2.25. The maximum absolute atomic E-state index is 11.4. The highest BCUT2D eigenvalue weighted by molar-refractivity contribution is 5.83. The second-order valence-corrected chi connectivity index (χ2v) is 3.98. The maximum atomic E-state index is 11.4. The summed E-state index contributed by atoms with van der Waals surface area (Å²) in [6.45, 7) is 3.46. The summed E-state index contributed by atoms with van der Waals surface area (Å²) in [6.07, 6.45) is 5.60. The van der Waals surface area contributed by atoms with Crippen LogP contribution in [0.3, 0.4) is 0 Å². The summed E-state index contributed by atoms with van der Waals surface area (Å²) < 4.78 is 0. The molecule has 0 saturated heterocycles. The first-order valence-corrected chi connectivity index (χ1v) is 5.26. The normalized spacial score (nSPS) is 17.6. The number of carbonyl (C=O) groups excluding carboxylic acids is 1. The molecule has 1 saturated carbocycles. The van der Waals surface area contributed by atoms with Gasteiger partial charge in [-0.1, -0.05) is 12.5 Å². The number of hydrogen-bond acceptors (Lipinski definition) is 2. The van der Waals surface area contributed by atoms with Crippen molar-refractivity contribution >= 4 is 11.9 Å². The van der Waals surface area contributed by atoms with Crippen molar-refractivity contribution in [3.63, 3.8) is 0 Å². The lowest BCUT2D eigenvalue weighted by Crippen LogP contribution is -2.41. The summed E-state index contributed by atoms with van der Waals surface area (Å²) in [4.78, 5) is 22.2. The zero-order chi connectivity index (χ0) is 11.3. The van der Waals surface area contributed by atoms with Gasteiger partial charge in [-0.3, -0.25) is 4.79 Å². The standard InChI is InChI=1S/C11H17NO3/c1-2-4-9(11(14)15)12-10(13)7-8-5-3-6-8/h2,8-9H,1,3-7H2,(H,12,13)(H,14,15). The van der Waals surface area contributed by atoms with Gasteiger partial charge in [-0.05, 0) is 25.2 Å². The van der Waals surface area contributed by atoms with Gasteiger partial charge in [-0.15, -0.1) is 6.58 Å². The van der Waals surface area contributed by atoms with Crippen LogP contribution >= 0.6 is 0 Å². The summed E-state index contributed by atoms with van der Waals surface area (Å²) in [6, 6.07) is -0.824. The van der Waals surface area contributed by atoms with Gasteiger partial charge in [-0.2, -0.15) is 0 Å². The molecule has 0 aliphatic heterocycles. The number of hydrogen-bond donors (Lipinski definition) is 2. The minimum absolute atomic E-state index is 0.158. The number of carbonyl (C=O) groups is 2. The molecule has 4 nitrogen and oxygen atoms in total. The minimum Gasteiger partial charge on any atom is -0.480 e. The maximum Gasteiger partial charge on any atom is 0.326 e. The summed E-state index contributed by atoms with van der Waals surface area (Å²) in [5.74, 6) is -0.700. The molecule has 0 heterocycles. The van der Waals surface area contributed by atoms with Gasteiger partial charge >= 0.3 is 5.97 Å². The van der Waals surface area contributed by atoms with Crippen LogP contribution in [0.15, 0.2) is 12.7 Å². The molecule has 15 heavy (non-hydrogen) atoms. The second-order valence-electron chi connectivity index (χ2n) is 3.98. The topological polar surface area (TPSA) is 66.4 Å². The minimum atomic E-state index is -1.00. The van der Waals surface area contributed by atoms with Crippen LogP contribution in [0.25, 0.3) is 0 Å². The summed E-state index contributed by atoms with van der Waals surface area (Å²) in [5.41, 5.74) is 0. The van der Waals surface area contributed by atoms with Crippen molar-refractivity contribution in [1.29, 1.82) is 0 Å². The number of amides is 1. The molecule has 1 fully saturated rings. The third kappa shape index (κ3) is 3.73. The van der Waals surface area contributed by atoms with Crippen LogP contribution < -0.4 is 5.32 Å². The Morgan fingerprint density at radius 2 is 2.20 bits per heavy atom. The lowest BCUT2D eigenvalue weighted by atomic mass is 9.83. The van der Waals surface area contributed by atoms with Crippen LogP contribution in [-0.2, 0) is 9.59 Å². The van der Waals surface area contributed by atoms with Gasteiger partial charge in [0.25, 0.3) is 0 Å². The predicted octanol–water partition coefficient (Wildman–Crippen LogP) is 1.32. The number of aliphatic carboxylic acids is 1. The third-order valence-corrected chi connectivity index (χ3v) is 2.73. The molecule has 0 aromatic rings. The smallest absolute Gasteiger partial charge is 0.326 e. The zero-order valence-electron chi connectivity index (χ0n) is 8.74. The number of rotatable bonds is 6. The molecule has 2 N–H and O–H groups in total. The van der Waals surface area contributed by atoms with E-state index in [1.54, 1.807) is 0 Å². The Balaban J connectivity index is 2.31. The summed E-state index contributed by atoms with van der Waals surface area (Å²) in [5, 5.41) is 11.3. The van der Waals surface area contributed by atoms with E-state index in [9.17, 15) is 9.59 Å². The van der Waals surface area contributed by atoms with Crippen LogP contribution in [0.5, 0.6) is 0 Å². The molecule has 0 spiro atoms. The lowest BCUT2D eigenvalue weighted by molar-refractivity contribution is -0.141. The van der Waals surface area contributed by atoms with Crippen LogP contribution in [0, 0.1) is 5.92 Å². The van der Waals surface area contributed by atoms with E-state index >= 15 is 0 Å². The molecule has 0 aromatic carbocycles. The highest BCUT2D eigenvalue weighted by Gasteiger charge is 2.23. The van der Waals surface area contributed by atoms with Gasteiger partial charge in [0.05, 0.1) is 0 Å². The second kappa shape index (κ2) is 5.53. The molecule has 0 bridgehead atoms. The highest BCUT2D eigenvalue weighted by Crippen LogP contribution is 2.29. The fourth-order valence-corrected chi connectivity index (χ4v) is 1.60. The fourth-order valence-electron chi connectivity index (χ4n) is 1.60. The van der Waals surface area contributed by atoms with Crippen molar-refractivity contribution in [2.45, 2.75) is 38.1 Å². The average molecular weight is 211 g/mol. The number of carboxylic acid groups (broad SMARTS) is 1. The van der Waals surface area contributed by atoms with E-state index in [4.69, 9.17) is 5.11 Å². The van der Waals surface area contributed by atoms with Gasteiger partial charge in [0.2, 0.25) is 5.91 Å². The Hall–Kier alpha value is -1.32. The summed E-state index contributed by atoms with van der Waals surface area (Å²) in [7, 11) is 0. The molecular formula is C11H17NO3. The van der Waals surface area contributed by atoms with E-state index in [-0.39, 0.29) is 12.3 Å². The van der Waals surface area contributed by atoms with Crippen LogP contribution in [0.2, 0.25) is 0 Å². The van der Waals surface area contributed by atoms with E-state index < -0.39 is 12.0 Å². The van der Waals surface area contributed by atoms with E-state index in [0.717, 1.165) is 12.8 Å². The first-order chi connectivity index (χ1) is 7.13. The van der Waals surface area contributed by atoms with Crippen molar-refractivity contribution in [1.82, 2.24) is 5.32 Å². The zero-order valence-corrected chi connectivity index (χ0v) is 8.74. The van der Waals surface area contributed by atoms with Crippen molar-refractivity contribution in [2.75, 3.05) is 0 Å². The molecule has 1 rings (SSSR count). The van der Waals surface area contributed by atoms with Crippen molar-refractivity contribution in [2.24, 2.45) is 5.92 Å². The predicted molar refractivity (Wildman–Crippen MR) is 56.3 cm³/mol. The molecule has 0 radical (unpaired) electrons. The Kier molecular flexibility index (Phi) is 4.34. The fraction of sp³-hybridized carbons (Fsp3) is 0.636. The van der Waals surface area contributed by atoms with E-state index in [1.807, 2.05) is 0 Å². The van der Waals surface area contributed by atoms with Crippen molar-refractivity contribution in [3.05, 3.63) is 12.7 Å². The van der Waals surface area contributed by atoms with Crippen LogP contribution in [0.1, 0.15) is 32.1 Å².